The van der Waals surface area contributed by atoms with Crippen molar-refractivity contribution in [1.82, 2.24) is 4.90 Å². The topological polar surface area (TPSA) is 98.9 Å². The highest BCUT2D eigenvalue weighted by Crippen LogP contribution is 2.30. The zero-order chi connectivity index (χ0) is 18.7. The molecule has 0 aromatic heterocycles. The van der Waals surface area contributed by atoms with E-state index >= 15 is 0 Å². The van der Waals surface area contributed by atoms with Crippen LogP contribution in [0.1, 0.15) is 18.4 Å². The molecule has 3 rings (SSSR count). The molecule has 2 aliphatic rings. The molecule has 26 heavy (non-hydrogen) atoms. The number of benzene rings is 1. The summed E-state index contributed by atoms with van der Waals surface area (Å²) in [6.07, 6.45) is 1.85. The van der Waals surface area contributed by atoms with Gasteiger partial charge in [-0.05, 0) is 43.0 Å². The summed E-state index contributed by atoms with van der Waals surface area (Å²) in [5, 5.41) is 0.575. The van der Waals surface area contributed by atoms with E-state index in [1.165, 1.54) is 4.90 Å². The molecule has 1 aromatic rings. The number of nitrogens with two attached hydrogens (primary N) is 1. The van der Waals surface area contributed by atoms with E-state index < -0.39 is 17.8 Å². The molecular formula is C18H21ClN2O5. The Morgan fingerprint density at radius 1 is 1.31 bits per heavy atom. The van der Waals surface area contributed by atoms with Crippen molar-refractivity contribution < 1.29 is 23.9 Å². The summed E-state index contributed by atoms with van der Waals surface area (Å²) < 4.78 is 10.7. The molecule has 0 aliphatic carbocycles. The van der Waals surface area contributed by atoms with Crippen LogP contribution in [0.5, 0.6) is 5.75 Å². The van der Waals surface area contributed by atoms with Gasteiger partial charge in [0.25, 0.3) is 5.91 Å². The zero-order valence-electron chi connectivity index (χ0n) is 14.3. The predicted molar refractivity (Wildman–Crippen MR) is 93.6 cm³/mol. The minimum Gasteiger partial charge on any atom is -0.492 e. The molecule has 2 atom stereocenters. The summed E-state index contributed by atoms with van der Waals surface area (Å²) in [6, 6.07) is 5.27. The van der Waals surface area contributed by atoms with Gasteiger partial charge in [-0.1, -0.05) is 11.6 Å². The lowest BCUT2D eigenvalue weighted by Gasteiger charge is -2.31. The molecule has 0 saturated carbocycles. The maximum absolute atomic E-state index is 12.3. The number of piperidine rings is 1. The van der Waals surface area contributed by atoms with Crippen molar-refractivity contribution in [3.8, 4) is 5.75 Å². The smallest absolute Gasteiger partial charge is 0.313 e. The lowest BCUT2D eigenvalue weighted by Crippen LogP contribution is -2.45. The monoisotopic (exact) mass is 380 g/mol. The number of halogens is 1. The molecule has 0 radical (unpaired) electrons. The summed E-state index contributed by atoms with van der Waals surface area (Å²) >= 11 is 5.97. The molecule has 140 valence electrons. The quantitative estimate of drug-likeness (QED) is 0.790. The van der Waals surface area contributed by atoms with Crippen molar-refractivity contribution >= 4 is 29.4 Å². The van der Waals surface area contributed by atoms with Crippen molar-refractivity contribution in [2.45, 2.75) is 19.3 Å². The third-order valence-corrected chi connectivity index (χ3v) is 5.01. The van der Waals surface area contributed by atoms with Gasteiger partial charge in [0.1, 0.15) is 12.4 Å². The number of likely N-dealkylation sites (tertiary alicyclic amines) is 1. The van der Waals surface area contributed by atoms with Crippen LogP contribution in [0.15, 0.2) is 18.2 Å². The molecular weight excluding hydrogens is 360 g/mol. The van der Waals surface area contributed by atoms with Crippen LogP contribution in [0.3, 0.4) is 0 Å². The van der Waals surface area contributed by atoms with E-state index in [4.69, 9.17) is 26.8 Å². The Labute approximate surface area is 156 Å². The lowest BCUT2D eigenvalue weighted by atomic mass is 9.97. The molecule has 8 heteroatoms. The summed E-state index contributed by atoms with van der Waals surface area (Å²) in [5.74, 6) is -1.31. The number of primary amides is 1. The first kappa shape index (κ1) is 18.5. The van der Waals surface area contributed by atoms with Crippen LogP contribution in [0.2, 0.25) is 5.02 Å². The fourth-order valence-corrected chi connectivity index (χ4v) is 3.49. The Hall–Kier alpha value is -2.28. The molecule has 1 aromatic carbocycles. The van der Waals surface area contributed by atoms with E-state index in [1.54, 1.807) is 18.2 Å². The van der Waals surface area contributed by atoms with E-state index in [1.807, 2.05) is 0 Å². The number of hydrogen-bond acceptors (Lipinski definition) is 5. The third kappa shape index (κ3) is 4.27. The fourth-order valence-electron chi connectivity index (χ4n) is 3.29. The Balaban J connectivity index is 1.51. The van der Waals surface area contributed by atoms with Gasteiger partial charge in [0.05, 0.1) is 11.8 Å². The molecule has 1 saturated heterocycles. The van der Waals surface area contributed by atoms with Crippen LogP contribution in [0.4, 0.5) is 0 Å². The van der Waals surface area contributed by atoms with E-state index in [0.29, 0.717) is 36.6 Å². The minimum atomic E-state index is -0.479. The minimum absolute atomic E-state index is 0.203. The highest BCUT2D eigenvalue weighted by Gasteiger charge is 2.30. The van der Waals surface area contributed by atoms with Gasteiger partial charge in [-0.3, -0.25) is 14.4 Å². The molecule has 0 spiro atoms. The largest absolute Gasteiger partial charge is 0.492 e. The highest BCUT2D eigenvalue weighted by molar-refractivity contribution is 6.30. The van der Waals surface area contributed by atoms with E-state index in [2.05, 4.69) is 0 Å². The maximum Gasteiger partial charge on any atom is 0.313 e. The fraction of sp³-hybridized carbons (Fsp3) is 0.500. The molecule has 0 bridgehead atoms. The first-order valence-corrected chi connectivity index (χ1v) is 8.97. The third-order valence-electron chi connectivity index (χ3n) is 4.78. The Morgan fingerprint density at radius 2 is 2.12 bits per heavy atom. The Kier molecular flexibility index (Phi) is 5.66. The van der Waals surface area contributed by atoms with Crippen LogP contribution in [0, 0.1) is 11.8 Å². The summed E-state index contributed by atoms with van der Waals surface area (Å²) in [5.41, 5.74) is 6.16. The van der Waals surface area contributed by atoms with E-state index in [0.717, 1.165) is 5.56 Å². The first-order chi connectivity index (χ1) is 12.4. The van der Waals surface area contributed by atoms with Gasteiger partial charge in [-0.25, -0.2) is 0 Å². The summed E-state index contributed by atoms with van der Waals surface area (Å²) in [4.78, 5) is 37.3. The second kappa shape index (κ2) is 7.95. The highest BCUT2D eigenvalue weighted by atomic mass is 35.5. The number of nitrogens with zero attached hydrogens (tertiary/aromatic N) is 1. The number of rotatable bonds is 4. The van der Waals surface area contributed by atoms with Crippen molar-refractivity contribution in [3.05, 3.63) is 28.8 Å². The van der Waals surface area contributed by atoms with Crippen LogP contribution >= 0.6 is 11.6 Å². The van der Waals surface area contributed by atoms with Crippen molar-refractivity contribution in [3.63, 3.8) is 0 Å². The lowest BCUT2D eigenvalue weighted by molar-refractivity contribution is -0.157. The number of esters is 1. The van der Waals surface area contributed by atoms with E-state index in [-0.39, 0.29) is 31.6 Å². The maximum atomic E-state index is 12.3. The number of fused-ring (bicyclic) bond motifs is 1. The van der Waals surface area contributed by atoms with E-state index in [9.17, 15) is 14.4 Å². The number of hydrogen-bond donors (Lipinski definition) is 1. The van der Waals surface area contributed by atoms with Crippen molar-refractivity contribution in [1.29, 1.82) is 0 Å². The van der Waals surface area contributed by atoms with Gasteiger partial charge in [-0.15, -0.1) is 0 Å². The Bertz CT molecular complexity index is 724. The number of carbonyl (C=O) groups excluding carboxylic acids is 3. The first-order valence-electron chi connectivity index (χ1n) is 8.59. The zero-order valence-corrected chi connectivity index (χ0v) is 15.0. The summed E-state index contributed by atoms with van der Waals surface area (Å²) in [7, 11) is 0. The normalized spacial score (nSPS) is 22.1. The van der Waals surface area contributed by atoms with Crippen molar-refractivity contribution in [2.75, 3.05) is 26.3 Å². The number of ether oxygens (including phenoxy) is 2. The SMILES string of the molecule is NC(=O)[C@@H]1CCCN(C(=O)COC(=O)[C@H]2COc3ccc(Cl)cc3C2)C1. The number of carbonyl (C=O) groups is 3. The van der Waals surface area contributed by atoms with Gasteiger partial charge >= 0.3 is 5.97 Å². The van der Waals surface area contributed by atoms with Crippen LogP contribution in [-0.2, 0) is 25.5 Å². The molecule has 2 heterocycles. The molecule has 1 fully saturated rings. The van der Waals surface area contributed by atoms with Gasteiger partial charge in [0, 0.05) is 18.1 Å². The van der Waals surface area contributed by atoms with Gasteiger partial charge in [-0.2, -0.15) is 0 Å². The molecule has 7 nitrogen and oxygen atoms in total. The van der Waals surface area contributed by atoms with Gasteiger partial charge in [0.2, 0.25) is 5.91 Å². The average Bonchev–Trinajstić information content (AvgIpc) is 2.65. The van der Waals surface area contributed by atoms with Gasteiger partial charge in [0.15, 0.2) is 6.61 Å². The van der Waals surface area contributed by atoms with Crippen LogP contribution < -0.4 is 10.5 Å². The Morgan fingerprint density at radius 3 is 2.88 bits per heavy atom. The van der Waals surface area contributed by atoms with Crippen molar-refractivity contribution in [2.24, 2.45) is 17.6 Å². The second-order valence-electron chi connectivity index (χ2n) is 6.65. The molecule has 0 unspecified atom stereocenters. The molecule has 2 amide bonds. The summed E-state index contributed by atoms with van der Waals surface area (Å²) in [6.45, 7) is 0.682. The van der Waals surface area contributed by atoms with Crippen LogP contribution in [0.25, 0.3) is 0 Å². The predicted octanol–water partition coefficient (Wildman–Crippen LogP) is 1.16. The van der Waals surface area contributed by atoms with Gasteiger partial charge < -0.3 is 20.1 Å². The molecule has 2 aliphatic heterocycles. The number of amides is 2. The average molecular weight is 381 g/mol. The molecule has 2 N–H and O–H groups in total. The van der Waals surface area contributed by atoms with Crippen LogP contribution in [-0.4, -0.2) is 49.0 Å². The standard InChI is InChI=1S/C18H21ClN2O5/c19-14-3-4-15-12(7-14)6-13(9-25-15)18(24)26-10-16(22)21-5-1-2-11(8-21)17(20)23/h3-4,7,11,13H,1-2,5-6,8-10H2,(H2,20,23)/t11-,13-/m1/s1. The second-order valence-corrected chi connectivity index (χ2v) is 7.09.